The van der Waals surface area contributed by atoms with Crippen LogP contribution in [-0.2, 0) is 0 Å². The minimum Gasteiger partial charge on any atom is -0.493 e. The highest BCUT2D eigenvalue weighted by molar-refractivity contribution is 9.10. The first-order valence-electron chi connectivity index (χ1n) is 6.50. The number of nitrogens with one attached hydrogen (secondary N) is 1. The van der Waals surface area contributed by atoms with Crippen LogP contribution in [0.3, 0.4) is 0 Å². The highest BCUT2D eigenvalue weighted by Gasteiger charge is 2.24. The van der Waals surface area contributed by atoms with E-state index in [4.69, 9.17) is 4.74 Å². The van der Waals surface area contributed by atoms with Gasteiger partial charge in [0.05, 0.1) is 12.2 Å². The van der Waals surface area contributed by atoms with Crippen molar-refractivity contribution in [1.82, 2.24) is 5.32 Å². The third kappa shape index (κ3) is 2.56. The Kier molecular flexibility index (Phi) is 3.74. The number of halogens is 1. The lowest BCUT2D eigenvalue weighted by atomic mass is 10.0. The first-order chi connectivity index (χ1) is 9.75. The maximum Gasteiger partial charge on any atom is 0.252 e. The molecule has 20 heavy (non-hydrogen) atoms. The van der Waals surface area contributed by atoms with Crippen molar-refractivity contribution in [3.05, 3.63) is 64.1 Å². The lowest BCUT2D eigenvalue weighted by Crippen LogP contribution is -2.29. The first-order valence-corrected chi connectivity index (χ1v) is 7.29. The standard InChI is InChI=1S/C16H14BrNO2/c17-14-7-3-1-6-13(14)16(19)18-9-11-10-20-15-8-4-2-5-12(11)15/h1-8,11H,9-10H2,(H,18,19). The Morgan fingerprint density at radius 3 is 2.80 bits per heavy atom. The molecule has 1 amide bonds. The van der Waals surface area contributed by atoms with Crippen molar-refractivity contribution >= 4 is 21.8 Å². The number of hydrogen-bond acceptors (Lipinski definition) is 2. The Morgan fingerprint density at radius 2 is 1.95 bits per heavy atom. The Bertz CT molecular complexity index is 642. The first kappa shape index (κ1) is 13.2. The molecule has 2 aromatic carbocycles. The zero-order valence-electron chi connectivity index (χ0n) is 10.8. The molecule has 3 rings (SSSR count). The van der Waals surface area contributed by atoms with Crippen molar-refractivity contribution in [2.75, 3.05) is 13.2 Å². The SMILES string of the molecule is O=C(NCC1COc2ccccc21)c1ccccc1Br. The van der Waals surface area contributed by atoms with Gasteiger partial charge in [-0.05, 0) is 34.1 Å². The largest absolute Gasteiger partial charge is 0.493 e. The van der Waals surface area contributed by atoms with Crippen molar-refractivity contribution in [3.63, 3.8) is 0 Å². The van der Waals surface area contributed by atoms with E-state index in [-0.39, 0.29) is 11.8 Å². The van der Waals surface area contributed by atoms with E-state index >= 15 is 0 Å². The molecular weight excluding hydrogens is 318 g/mol. The van der Waals surface area contributed by atoms with Crippen molar-refractivity contribution in [1.29, 1.82) is 0 Å². The lowest BCUT2D eigenvalue weighted by Gasteiger charge is -2.11. The van der Waals surface area contributed by atoms with Gasteiger partial charge in [0, 0.05) is 22.5 Å². The highest BCUT2D eigenvalue weighted by atomic mass is 79.9. The molecule has 1 aliphatic heterocycles. The number of para-hydroxylation sites is 1. The Balaban J connectivity index is 1.67. The fourth-order valence-electron chi connectivity index (χ4n) is 2.35. The second-order valence-electron chi connectivity index (χ2n) is 4.74. The predicted molar refractivity (Wildman–Crippen MR) is 81.2 cm³/mol. The predicted octanol–water partition coefficient (Wildman–Crippen LogP) is 3.36. The van der Waals surface area contributed by atoms with Gasteiger partial charge in [0.2, 0.25) is 0 Å². The molecule has 0 saturated heterocycles. The van der Waals surface area contributed by atoms with Gasteiger partial charge in [-0.1, -0.05) is 30.3 Å². The molecule has 4 heteroatoms. The molecule has 0 aliphatic carbocycles. The summed E-state index contributed by atoms with van der Waals surface area (Å²) in [6.45, 7) is 1.20. The van der Waals surface area contributed by atoms with Crippen LogP contribution in [0.4, 0.5) is 0 Å². The summed E-state index contributed by atoms with van der Waals surface area (Å²) in [6.07, 6.45) is 0. The van der Waals surface area contributed by atoms with Crippen LogP contribution in [0.5, 0.6) is 5.75 Å². The summed E-state index contributed by atoms with van der Waals surface area (Å²) in [5.41, 5.74) is 1.82. The molecule has 0 spiro atoms. The third-order valence-electron chi connectivity index (χ3n) is 3.43. The van der Waals surface area contributed by atoms with Crippen LogP contribution in [0, 0.1) is 0 Å². The van der Waals surface area contributed by atoms with E-state index in [1.54, 1.807) is 6.07 Å². The van der Waals surface area contributed by atoms with Gasteiger partial charge >= 0.3 is 0 Å². The number of hydrogen-bond donors (Lipinski definition) is 1. The maximum atomic E-state index is 12.2. The van der Waals surface area contributed by atoms with Crippen LogP contribution < -0.4 is 10.1 Å². The molecule has 0 fully saturated rings. The molecule has 1 atom stereocenters. The minimum atomic E-state index is -0.0677. The number of amides is 1. The van der Waals surface area contributed by atoms with Gasteiger partial charge < -0.3 is 10.1 Å². The van der Waals surface area contributed by atoms with Crippen molar-refractivity contribution in [3.8, 4) is 5.75 Å². The molecule has 2 aromatic rings. The minimum absolute atomic E-state index is 0.0677. The summed E-state index contributed by atoms with van der Waals surface area (Å²) in [5.74, 6) is 1.08. The van der Waals surface area contributed by atoms with E-state index in [1.165, 1.54) is 5.56 Å². The normalized spacial score (nSPS) is 16.4. The second kappa shape index (κ2) is 5.67. The van der Waals surface area contributed by atoms with Gasteiger partial charge in [-0.2, -0.15) is 0 Å². The zero-order valence-corrected chi connectivity index (χ0v) is 12.4. The van der Waals surface area contributed by atoms with Crippen LogP contribution in [0.25, 0.3) is 0 Å². The average molecular weight is 332 g/mol. The van der Waals surface area contributed by atoms with E-state index in [0.29, 0.717) is 18.7 Å². The molecule has 1 aliphatic rings. The Labute approximate surface area is 126 Å². The van der Waals surface area contributed by atoms with Gasteiger partial charge in [0.1, 0.15) is 5.75 Å². The molecule has 1 unspecified atom stereocenters. The van der Waals surface area contributed by atoms with Crippen LogP contribution in [0.15, 0.2) is 53.0 Å². The quantitative estimate of drug-likeness (QED) is 0.936. The molecule has 3 nitrogen and oxygen atoms in total. The van der Waals surface area contributed by atoms with Crippen molar-refractivity contribution < 1.29 is 9.53 Å². The molecule has 102 valence electrons. The van der Waals surface area contributed by atoms with Gasteiger partial charge in [-0.15, -0.1) is 0 Å². The molecule has 0 aromatic heterocycles. The summed E-state index contributed by atoms with van der Waals surface area (Å²) in [4.78, 5) is 12.2. The maximum absolute atomic E-state index is 12.2. The molecule has 0 bridgehead atoms. The van der Waals surface area contributed by atoms with Gasteiger partial charge in [-0.25, -0.2) is 0 Å². The Hall–Kier alpha value is -1.81. The summed E-state index contributed by atoms with van der Waals surface area (Å²) in [6, 6.07) is 15.4. The van der Waals surface area contributed by atoms with E-state index in [0.717, 1.165) is 10.2 Å². The van der Waals surface area contributed by atoms with Crippen LogP contribution >= 0.6 is 15.9 Å². The molecular formula is C16H14BrNO2. The van der Waals surface area contributed by atoms with E-state index in [9.17, 15) is 4.79 Å². The fraction of sp³-hybridized carbons (Fsp3) is 0.188. The van der Waals surface area contributed by atoms with Crippen LogP contribution in [-0.4, -0.2) is 19.1 Å². The molecule has 0 radical (unpaired) electrons. The van der Waals surface area contributed by atoms with Crippen molar-refractivity contribution in [2.45, 2.75) is 5.92 Å². The van der Waals surface area contributed by atoms with Gasteiger partial charge in [-0.3, -0.25) is 4.79 Å². The van der Waals surface area contributed by atoms with Gasteiger partial charge in [0.15, 0.2) is 0 Å². The van der Waals surface area contributed by atoms with E-state index in [2.05, 4.69) is 27.3 Å². The summed E-state index contributed by atoms with van der Waals surface area (Å²) < 4.78 is 6.42. The van der Waals surface area contributed by atoms with Crippen molar-refractivity contribution in [2.24, 2.45) is 0 Å². The molecule has 0 saturated carbocycles. The van der Waals surface area contributed by atoms with Gasteiger partial charge in [0.25, 0.3) is 5.91 Å². The number of fused-ring (bicyclic) bond motifs is 1. The number of carbonyl (C=O) groups excluding carboxylic acids is 1. The monoisotopic (exact) mass is 331 g/mol. The number of rotatable bonds is 3. The Morgan fingerprint density at radius 1 is 1.20 bits per heavy atom. The third-order valence-corrected chi connectivity index (χ3v) is 4.12. The second-order valence-corrected chi connectivity index (χ2v) is 5.59. The zero-order chi connectivity index (χ0) is 13.9. The smallest absolute Gasteiger partial charge is 0.252 e. The molecule has 1 N–H and O–H groups in total. The summed E-state index contributed by atoms with van der Waals surface area (Å²) in [7, 11) is 0. The highest BCUT2D eigenvalue weighted by Crippen LogP contribution is 2.32. The summed E-state index contributed by atoms with van der Waals surface area (Å²) >= 11 is 3.39. The number of benzene rings is 2. The van der Waals surface area contributed by atoms with Crippen LogP contribution in [0.2, 0.25) is 0 Å². The molecule has 1 heterocycles. The van der Waals surface area contributed by atoms with Crippen LogP contribution in [0.1, 0.15) is 21.8 Å². The number of carbonyl (C=O) groups is 1. The topological polar surface area (TPSA) is 38.3 Å². The van der Waals surface area contributed by atoms with E-state index < -0.39 is 0 Å². The average Bonchev–Trinajstić information content (AvgIpc) is 2.88. The summed E-state index contributed by atoms with van der Waals surface area (Å²) in [5, 5.41) is 2.97. The van der Waals surface area contributed by atoms with E-state index in [1.807, 2.05) is 36.4 Å². The number of ether oxygens (including phenoxy) is 1. The lowest BCUT2D eigenvalue weighted by molar-refractivity contribution is 0.0949. The fourth-order valence-corrected chi connectivity index (χ4v) is 2.82.